The van der Waals surface area contributed by atoms with E-state index in [0.29, 0.717) is 12.6 Å². The lowest BCUT2D eigenvalue weighted by Crippen LogP contribution is -2.40. The molecule has 2 heterocycles. The van der Waals surface area contributed by atoms with Crippen LogP contribution in [0.4, 0.5) is 0 Å². The Morgan fingerprint density at radius 2 is 1.84 bits per heavy atom. The molecule has 2 rings (SSSR count). The second-order valence-electron chi connectivity index (χ2n) is 6.69. The Labute approximate surface area is 170 Å². The smallest absolute Gasteiger partial charge is 0.236 e. The summed E-state index contributed by atoms with van der Waals surface area (Å²) in [4.78, 5) is 22.5. The summed E-state index contributed by atoms with van der Waals surface area (Å²) in [5.74, 6) is 0.159. The average molecular weight is 414 g/mol. The Kier molecular flexibility index (Phi) is 12.7. The normalized spacial score (nSPS) is 13.4. The van der Waals surface area contributed by atoms with Crippen molar-refractivity contribution < 1.29 is 4.79 Å². The summed E-state index contributed by atoms with van der Waals surface area (Å²) in [6, 6.07) is 0.522. The fraction of sp³-hybridized carbons (Fsp3) is 0.647. The third-order valence-corrected chi connectivity index (χ3v) is 4.47. The molecule has 0 fully saturated rings. The quantitative estimate of drug-likeness (QED) is 0.744. The van der Waals surface area contributed by atoms with E-state index < -0.39 is 0 Å². The van der Waals surface area contributed by atoms with E-state index in [2.05, 4.69) is 35.7 Å². The monoisotopic (exact) mass is 412 g/mol. The summed E-state index contributed by atoms with van der Waals surface area (Å²) in [5, 5.41) is 0. The molecule has 1 aliphatic rings. The van der Waals surface area contributed by atoms with Gasteiger partial charge in [0.15, 0.2) is 0 Å². The summed E-state index contributed by atoms with van der Waals surface area (Å²) in [7, 11) is 5.76. The molecule has 8 heteroatoms. The molecule has 25 heavy (non-hydrogen) atoms. The Morgan fingerprint density at radius 3 is 2.40 bits per heavy atom. The highest BCUT2D eigenvalue weighted by molar-refractivity contribution is 5.86. The third-order valence-electron chi connectivity index (χ3n) is 4.47. The second kappa shape index (κ2) is 11.9. The molecule has 0 saturated heterocycles. The maximum Gasteiger partial charge on any atom is 0.236 e. The zero-order chi connectivity index (χ0) is 16.3. The number of rotatable bonds is 5. The minimum Gasteiger partial charge on any atom is -0.348 e. The van der Waals surface area contributed by atoms with Gasteiger partial charge in [0.25, 0.3) is 0 Å². The van der Waals surface area contributed by atoms with Gasteiger partial charge in [-0.1, -0.05) is 0 Å². The highest BCUT2D eigenvalue weighted by Gasteiger charge is 2.22. The van der Waals surface area contributed by atoms with Gasteiger partial charge in [0.2, 0.25) is 5.91 Å². The van der Waals surface area contributed by atoms with Crippen molar-refractivity contribution in [3.63, 3.8) is 0 Å². The van der Waals surface area contributed by atoms with E-state index in [1.54, 1.807) is 4.90 Å². The summed E-state index contributed by atoms with van der Waals surface area (Å²) >= 11 is 0. The first-order valence-electron chi connectivity index (χ1n) is 7.96. The number of carbonyl (C=O) groups excluding carboxylic acids is 1. The lowest BCUT2D eigenvalue weighted by molar-refractivity contribution is -0.130. The number of nitrogens with zero attached hydrogens (tertiary/aromatic N) is 4. The molecular weight excluding hydrogens is 383 g/mol. The van der Waals surface area contributed by atoms with E-state index in [4.69, 9.17) is 0 Å². The van der Waals surface area contributed by atoms with Crippen LogP contribution in [0.25, 0.3) is 0 Å². The van der Waals surface area contributed by atoms with Gasteiger partial charge in [0, 0.05) is 52.2 Å². The number of amides is 1. The van der Waals surface area contributed by atoms with Crippen LogP contribution in [0.1, 0.15) is 30.5 Å². The Balaban J connectivity index is 0. The van der Waals surface area contributed by atoms with Crippen LogP contribution in [0.5, 0.6) is 0 Å². The zero-order valence-electron chi connectivity index (χ0n) is 15.7. The number of fused-ring (bicyclic) bond motifs is 1. The van der Waals surface area contributed by atoms with E-state index in [1.165, 1.54) is 16.7 Å². The van der Waals surface area contributed by atoms with Gasteiger partial charge in [-0.15, -0.1) is 37.2 Å². The lowest BCUT2D eigenvalue weighted by Gasteiger charge is -2.31. The van der Waals surface area contributed by atoms with E-state index in [9.17, 15) is 4.79 Å². The number of hydrogen-bond acceptors (Lipinski definition) is 4. The maximum atomic E-state index is 11.9. The van der Waals surface area contributed by atoms with Gasteiger partial charge in [-0.25, -0.2) is 0 Å². The van der Waals surface area contributed by atoms with Gasteiger partial charge in [0.1, 0.15) is 0 Å². The highest BCUT2D eigenvalue weighted by atomic mass is 35.5. The SMILES string of the molecule is CC(C)N(C)Cc1cncc2c1CCN(CC(=O)N(C)C)C2.Cl.Cl.Cl. The van der Waals surface area contributed by atoms with E-state index in [1.807, 2.05) is 26.5 Å². The summed E-state index contributed by atoms with van der Waals surface area (Å²) in [6.45, 7) is 7.60. The Hall–Kier alpha value is -0.590. The molecule has 1 aromatic rings. The number of halogens is 3. The third kappa shape index (κ3) is 7.27. The number of aromatic nitrogens is 1. The van der Waals surface area contributed by atoms with Crippen molar-refractivity contribution in [1.82, 2.24) is 19.7 Å². The van der Waals surface area contributed by atoms with Crippen LogP contribution in [0.3, 0.4) is 0 Å². The molecule has 0 unspecified atom stereocenters. The molecule has 0 N–H and O–H groups in total. The molecule has 1 amide bonds. The molecule has 5 nitrogen and oxygen atoms in total. The number of pyridine rings is 1. The van der Waals surface area contributed by atoms with E-state index in [-0.39, 0.29) is 43.1 Å². The molecule has 1 aliphatic heterocycles. The summed E-state index contributed by atoms with van der Waals surface area (Å²) < 4.78 is 0. The van der Waals surface area contributed by atoms with Crippen LogP contribution in [0, 0.1) is 0 Å². The van der Waals surface area contributed by atoms with Gasteiger partial charge in [0.05, 0.1) is 6.54 Å². The highest BCUT2D eigenvalue weighted by Crippen LogP contribution is 2.22. The molecule has 0 radical (unpaired) electrons. The molecule has 0 aliphatic carbocycles. The second-order valence-corrected chi connectivity index (χ2v) is 6.69. The molecule has 0 bridgehead atoms. The topological polar surface area (TPSA) is 39.7 Å². The Morgan fingerprint density at radius 1 is 1.20 bits per heavy atom. The fourth-order valence-corrected chi connectivity index (χ4v) is 2.68. The van der Waals surface area contributed by atoms with Crippen LogP contribution >= 0.6 is 37.2 Å². The van der Waals surface area contributed by atoms with Gasteiger partial charge < -0.3 is 4.90 Å². The first-order valence-corrected chi connectivity index (χ1v) is 7.96. The predicted molar refractivity (Wildman–Crippen MR) is 110 cm³/mol. The van der Waals surface area contributed by atoms with Crippen LogP contribution in [0.2, 0.25) is 0 Å². The van der Waals surface area contributed by atoms with Crippen LogP contribution in [-0.2, 0) is 24.3 Å². The molecule has 0 saturated carbocycles. The van der Waals surface area contributed by atoms with Crippen LogP contribution < -0.4 is 0 Å². The predicted octanol–water partition coefficient (Wildman–Crippen LogP) is 2.63. The average Bonchev–Trinajstić information content (AvgIpc) is 2.47. The molecule has 0 atom stereocenters. The maximum absolute atomic E-state index is 11.9. The first kappa shape index (κ1) is 26.6. The molecule has 1 aromatic heterocycles. The van der Waals surface area contributed by atoms with Crippen molar-refractivity contribution in [2.45, 2.75) is 39.4 Å². The van der Waals surface area contributed by atoms with Gasteiger partial charge in [-0.3, -0.25) is 19.6 Å². The molecule has 0 spiro atoms. The van der Waals surface area contributed by atoms with Crippen LogP contribution in [-0.4, -0.2) is 65.9 Å². The van der Waals surface area contributed by atoms with Crippen molar-refractivity contribution >= 4 is 43.1 Å². The minimum atomic E-state index is 0. The lowest BCUT2D eigenvalue weighted by atomic mass is 9.96. The summed E-state index contributed by atoms with van der Waals surface area (Å²) in [6.07, 6.45) is 4.96. The number of hydrogen-bond donors (Lipinski definition) is 0. The van der Waals surface area contributed by atoms with Gasteiger partial charge in [-0.2, -0.15) is 0 Å². The Bertz CT molecular complexity index is 541. The van der Waals surface area contributed by atoms with Crippen molar-refractivity contribution in [3.8, 4) is 0 Å². The van der Waals surface area contributed by atoms with Crippen LogP contribution in [0.15, 0.2) is 12.4 Å². The van der Waals surface area contributed by atoms with E-state index in [0.717, 1.165) is 26.1 Å². The van der Waals surface area contributed by atoms with Crippen molar-refractivity contribution in [1.29, 1.82) is 0 Å². The van der Waals surface area contributed by atoms with Crippen molar-refractivity contribution in [3.05, 3.63) is 29.1 Å². The van der Waals surface area contributed by atoms with Gasteiger partial charge in [-0.05, 0) is 44.0 Å². The van der Waals surface area contributed by atoms with Crippen molar-refractivity contribution in [2.24, 2.45) is 0 Å². The molecular formula is C17H31Cl3N4O. The largest absolute Gasteiger partial charge is 0.348 e. The number of carbonyl (C=O) groups is 1. The summed E-state index contributed by atoms with van der Waals surface area (Å²) in [5.41, 5.74) is 4.02. The molecule has 0 aromatic carbocycles. The standard InChI is InChI=1S/C17H28N4O.3ClH/c1-13(2)20(5)10-14-8-18-9-15-11-21(7-6-16(14)15)12-17(22)19(3)4;;;/h8-9,13H,6-7,10-12H2,1-5H3;3*1H. The fourth-order valence-electron chi connectivity index (χ4n) is 2.68. The van der Waals surface area contributed by atoms with Crippen molar-refractivity contribution in [2.75, 3.05) is 34.2 Å². The zero-order valence-corrected chi connectivity index (χ0v) is 18.1. The van der Waals surface area contributed by atoms with Gasteiger partial charge >= 0.3 is 0 Å². The first-order chi connectivity index (χ1) is 10.4. The number of likely N-dealkylation sites (N-methyl/N-ethyl adjacent to an activating group) is 1. The molecule has 146 valence electrons. The van der Waals surface area contributed by atoms with E-state index >= 15 is 0 Å². The minimum absolute atomic E-state index is 0.